The molecule has 0 N–H and O–H groups in total. The Labute approximate surface area is 185 Å². The SMILES string of the molecule is CCOC(=O)[C@@H]1CC1c1cc(-c2cncc(OC[C@H]3CC[C@H](C(F)(F)F)CC3)c2)ccn1. The second-order valence-electron chi connectivity index (χ2n) is 8.65. The Bertz CT molecular complexity index is 942. The van der Waals surface area contributed by atoms with E-state index in [1.807, 2.05) is 18.2 Å². The minimum Gasteiger partial charge on any atom is -0.492 e. The summed E-state index contributed by atoms with van der Waals surface area (Å²) in [4.78, 5) is 20.6. The first-order valence-corrected chi connectivity index (χ1v) is 11.1. The van der Waals surface area contributed by atoms with Crippen molar-refractivity contribution in [1.82, 2.24) is 9.97 Å². The molecule has 5 nitrogen and oxygen atoms in total. The number of esters is 1. The number of aromatic nitrogens is 2. The predicted octanol–water partition coefficient (Wildman–Crippen LogP) is 5.56. The number of carbonyl (C=O) groups is 1. The van der Waals surface area contributed by atoms with Crippen molar-refractivity contribution >= 4 is 5.97 Å². The van der Waals surface area contributed by atoms with E-state index in [0.29, 0.717) is 31.8 Å². The Kier molecular flexibility index (Phi) is 6.67. The van der Waals surface area contributed by atoms with Crippen molar-refractivity contribution in [2.45, 2.75) is 51.1 Å². The maximum Gasteiger partial charge on any atom is 0.391 e. The summed E-state index contributed by atoms with van der Waals surface area (Å²) < 4.78 is 49.5. The number of pyridine rings is 2. The number of halogens is 3. The molecule has 2 aromatic rings. The largest absolute Gasteiger partial charge is 0.492 e. The van der Waals surface area contributed by atoms with Gasteiger partial charge in [-0.2, -0.15) is 13.2 Å². The molecule has 0 radical (unpaired) electrons. The van der Waals surface area contributed by atoms with Crippen molar-refractivity contribution in [3.8, 4) is 16.9 Å². The summed E-state index contributed by atoms with van der Waals surface area (Å²) in [5.41, 5.74) is 2.64. The molecule has 0 aliphatic heterocycles. The van der Waals surface area contributed by atoms with Crippen LogP contribution in [0.15, 0.2) is 36.8 Å². The lowest BCUT2D eigenvalue weighted by atomic mass is 9.82. The van der Waals surface area contributed by atoms with Gasteiger partial charge in [0, 0.05) is 29.6 Å². The number of nitrogens with zero attached hydrogens (tertiary/aromatic N) is 2. The number of ether oxygens (including phenoxy) is 2. The van der Waals surface area contributed by atoms with E-state index in [4.69, 9.17) is 9.47 Å². The van der Waals surface area contributed by atoms with Gasteiger partial charge in [0.2, 0.25) is 0 Å². The van der Waals surface area contributed by atoms with Gasteiger partial charge in [-0.3, -0.25) is 14.8 Å². The highest BCUT2D eigenvalue weighted by atomic mass is 19.4. The van der Waals surface area contributed by atoms with Crippen molar-refractivity contribution in [3.63, 3.8) is 0 Å². The third kappa shape index (κ3) is 5.40. The van der Waals surface area contributed by atoms with E-state index in [0.717, 1.165) is 23.2 Å². The summed E-state index contributed by atoms with van der Waals surface area (Å²) in [7, 11) is 0. The quantitative estimate of drug-likeness (QED) is 0.519. The molecule has 2 aliphatic rings. The molecule has 4 rings (SSSR count). The van der Waals surface area contributed by atoms with Crippen LogP contribution in [0.5, 0.6) is 5.75 Å². The summed E-state index contributed by atoms with van der Waals surface area (Å²) in [6.45, 7) is 2.56. The number of rotatable bonds is 7. The normalized spacial score (nSPS) is 25.2. The van der Waals surface area contributed by atoms with Gasteiger partial charge in [0.15, 0.2) is 0 Å². The Morgan fingerprint density at radius 1 is 1.12 bits per heavy atom. The molecule has 0 saturated heterocycles. The summed E-state index contributed by atoms with van der Waals surface area (Å²) in [6.07, 6.45) is 3.10. The van der Waals surface area contributed by atoms with E-state index in [-0.39, 0.29) is 36.6 Å². The molecule has 0 spiro atoms. The zero-order chi connectivity index (χ0) is 22.7. The minimum atomic E-state index is -4.09. The molecule has 2 heterocycles. The first-order chi connectivity index (χ1) is 15.3. The molecule has 32 heavy (non-hydrogen) atoms. The third-order valence-electron chi connectivity index (χ3n) is 6.38. The fourth-order valence-corrected chi connectivity index (χ4v) is 4.39. The maximum absolute atomic E-state index is 12.8. The lowest BCUT2D eigenvalue weighted by molar-refractivity contribution is -0.184. The standard InChI is InChI=1S/C24H27F3N2O3/c1-2-31-23(30)21-11-20(21)22-10-16(7-8-29-22)17-9-19(13-28-12-17)32-14-15-3-5-18(6-4-15)24(25,26)27/h7-10,12-13,15,18,20-21H,2-6,11,14H2,1H3/t15-,18-,20?,21-/m1/s1. The van der Waals surface area contributed by atoms with Crippen molar-refractivity contribution in [2.75, 3.05) is 13.2 Å². The van der Waals surface area contributed by atoms with Gasteiger partial charge < -0.3 is 9.47 Å². The molecule has 2 saturated carbocycles. The smallest absolute Gasteiger partial charge is 0.391 e. The summed E-state index contributed by atoms with van der Waals surface area (Å²) >= 11 is 0. The topological polar surface area (TPSA) is 61.3 Å². The van der Waals surface area contributed by atoms with E-state index >= 15 is 0 Å². The van der Waals surface area contributed by atoms with Crippen LogP contribution in [0, 0.1) is 17.8 Å². The highest BCUT2D eigenvalue weighted by Gasteiger charge is 2.46. The number of hydrogen-bond acceptors (Lipinski definition) is 5. The molecule has 0 amide bonds. The Balaban J connectivity index is 1.35. The van der Waals surface area contributed by atoms with Gasteiger partial charge >= 0.3 is 12.1 Å². The number of alkyl halides is 3. The molecule has 0 bridgehead atoms. The highest BCUT2D eigenvalue weighted by molar-refractivity contribution is 5.77. The van der Waals surface area contributed by atoms with Crippen LogP contribution in [-0.4, -0.2) is 35.3 Å². The molecule has 172 valence electrons. The Morgan fingerprint density at radius 3 is 2.62 bits per heavy atom. The van der Waals surface area contributed by atoms with Gasteiger partial charge in [-0.1, -0.05) is 0 Å². The van der Waals surface area contributed by atoms with Gasteiger partial charge in [0.1, 0.15) is 5.75 Å². The zero-order valence-corrected chi connectivity index (χ0v) is 18.0. The van der Waals surface area contributed by atoms with Crippen molar-refractivity contribution in [2.24, 2.45) is 17.8 Å². The highest BCUT2D eigenvalue weighted by Crippen LogP contribution is 2.48. The minimum absolute atomic E-state index is 0.0771. The van der Waals surface area contributed by atoms with Crippen LogP contribution in [-0.2, 0) is 9.53 Å². The monoisotopic (exact) mass is 448 g/mol. The first-order valence-electron chi connectivity index (χ1n) is 11.1. The summed E-state index contributed by atoms with van der Waals surface area (Å²) in [5.74, 6) is -0.689. The second kappa shape index (κ2) is 9.46. The van der Waals surface area contributed by atoms with E-state index in [9.17, 15) is 18.0 Å². The van der Waals surface area contributed by atoms with E-state index in [1.54, 1.807) is 25.5 Å². The maximum atomic E-state index is 12.8. The van der Waals surface area contributed by atoms with Crippen LogP contribution in [0.2, 0.25) is 0 Å². The van der Waals surface area contributed by atoms with Crippen LogP contribution < -0.4 is 4.74 Å². The number of carbonyl (C=O) groups excluding carboxylic acids is 1. The molecule has 2 aliphatic carbocycles. The molecule has 0 aromatic carbocycles. The van der Waals surface area contributed by atoms with Gasteiger partial charge in [-0.15, -0.1) is 0 Å². The lowest BCUT2D eigenvalue weighted by Crippen LogP contribution is -2.29. The van der Waals surface area contributed by atoms with Crippen LogP contribution in [0.25, 0.3) is 11.1 Å². The second-order valence-corrected chi connectivity index (χ2v) is 8.65. The third-order valence-corrected chi connectivity index (χ3v) is 6.38. The van der Waals surface area contributed by atoms with Gasteiger partial charge in [-0.25, -0.2) is 0 Å². The van der Waals surface area contributed by atoms with Crippen LogP contribution in [0.1, 0.15) is 50.6 Å². The molecule has 1 unspecified atom stereocenters. The van der Waals surface area contributed by atoms with E-state index in [2.05, 4.69) is 9.97 Å². The van der Waals surface area contributed by atoms with Crippen molar-refractivity contribution in [1.29, 1.82) is 0 Å². The van der Waals surface area contributed by atoms with Crippen molar-refractivity contribution < 1.29 is 27.4 Å². The molecule has 2 aromatic heterocycles. The molecule has 8 heteroatoms. The lowest BCUT2D eigenvalue weighted by Gasteiger charge is -2.29. The average molecular weight is 448 g/mol. The van der Waals surface area contributed by atoms with Gasteiger partial charge in [0.05, 0.1) is 31.2 Å². The van der Waals surface area contributed by atoms with Crippen LogP contribution >= 0.6 is 0 Å². The first kappa shape index (κ1) is 22.6. The van der Waals surface area contributed by atoms with Crippen LogP contribution in [0.3, 0.4) is 0 Å². The van der Waals surface area contributed by atoms with E-state index in [1.165, 1.54) is 0 Å². The number of hydrogen-bond donors (Lipinski definition) is 0. The van der Waals surface area contributed by atoms with Crippen molar-refractivity contribution in [3.05, 3.63) is 42.5 Å². The summed E-state index contributed by atoms with van der Waals surface area (Å²) in [6, 6.07) is 5.72. The molecular formula is C24H27F3N2O3. The zero-order valence-electron chi connectivity index (χ0n) is 18.0. The predicted molar refractivity (Wildman–Crippen MR) is 112 cm³/mol. The van der Waals surface area contributed by atoms with Gasteiger partial charge in [0.25, 0.3) is 0 Å². The molecule has 2 fully saturated rings. The average Bonchev–Trinajstić information content (AvgIpc) is 3.59. The van der Waals surface area contributed by atoms with Crippen LogP contribution in [0.4, 0.5) is 13.2 Å². The fraction of sp³-hybridized carbons (Fsp3) is 0.542. The Hall–Kier alpha value is -2.64. The Morgan fingerprint density at radius 2 is 1.91 bits per heavy atom. The molecule has 2 atom stereocenters. The van der Waals surface area contributed by atoms with E-state index < -0.39 is 12.1 Å². The van der Waals surface area contributed by atoms with Gasteiger partial charge in [-0.05, 0) is 68.7 Å². The molecular weight excluding hydrogens is 421 g/mol. The fourth-order valence-electron chi connectivity index (χ4n) is 4.39. The summed E-state index contributed by atoms with van der Waals surface area (Å²) in [5, 5.41) is 0.